The van der Waals surface area contributed by atoms with Gasteiger partial charge in [-0.05, 0) is 12.8 Å². The van der Waals surface area contributed by atoms with E-state index in [1.807, 2.05) is 0 Å². The first kappa shape index (κ1) is 10.1. The van der Waals surface area contributed by atoms with Gasteiger partial charge in [0.15, 0.2) is 0 Å². The molecule has 6 nitrogen and oxygen atoms in total. The van der Waals surface area contributed by atoms with Crippen LogP contribution in [0.25, 0.3) is 0 Å². The second-order valence-electron chi connectivity index (χ2n) is 4.00. The molecule has 2 rings (SSSR count). The number of rotatable bonds is 2. The van der Waals surface area contributed by atoms with Crippen molar-refractivity contribution in [3.63, 3.8) is 0 Å². The lowest BCUT2D eigenvalue weighted by Gasteiger charge is -2.18. The van der Waals surface area contributed by atoms with Crippen LogP contribution in [0.3, 0.4) is 0 Å². The molecule has 1 aliphatic carbocycles. The molecule has 1 heterocycles. The quantitative estimate of drug-likeness (QED) is 0.506. The molecule has 15 heavy (non-hydrogen) atoms. The van der Waals surface area contributed by atoms with Crippen LogP contribution in [0, 0.1) is 0 Å². The Morgan fingerprint density at radius 3 is 2.27 bits per heavy atom. The van der Waals surface area contributed by atoms with Gasteiger partial charge in [-0.3, -0.25) is 20.2 Å². The average Bonchev–Trinajstić information content (AvgIpc) is 2.73. The van der Waals surface area contributed by atoms with E-state index in [0.717, 1.165) is 25.7 Å². The number of guanidine groups is 1. The van der Waals surface area contributed by atoms with Gasteiger partial charge in [0.05, 0.1) is 12.1 Å². The fraction of sp³-hybridized carbons (Fsp3) is 0.667. The molecule has 0 aromatic rings. The molecular formula is C9H13N3O3. The molecule has 0 radical (unpaired) electrons. The third kappa shape index (κ3) is 2.15. The fourth-order valence-electron chi connectivity index (χ4n) is 1.86. The molecule has 0 atom stereocenters. The normalized spacial score (nSPS) is 23.9. The van der Waals surface area contributed by atoms with Crippen molar-refractivity contribution in [3.05, 3.63) is 0 Å². The van der Waals surface area contributed by atoms with Gasteiger partial charge in [0.2, 0.25) is 5.96 Å². The Hall–Kier alpha value is -1.43. The second-order valence-corrected chi connectivity index (χ2v) is 4.00. The van der Waals surface area contributed by atoms with Crippen molar-refractivity contribution in [2.75, 3.05) is 6.54 Å². The highest BCUT2D eigenvalue weighted by Crippen LogP contribution is 2.29. The van der Waals surface area contributed by atoms with Crippen LogP contribution >= 0.6 is 0 Å². The molecule has 0 spiro atoms. The number of amides is 2. The Balaban J connectivity index is 1.94. The molecule has 0 aromatic heterocycles. The minimum absolute atomic E-state index is 0.144. The summed E-state index contributed by atoms with van der Waals surface area (Å²) in [5.74, 6) is -1.26. The van der Waals surface area contributed by atoms with Crippen LogP contribution in [0.4, 0.5) is 0 Å². The van der Waals surface area contributed by atoms with Gasteiger partial charge in [-0.25, -0.2) is 4.99 Å². The van der Waals surface area contributed by atoms with Crippen molar-refractivity contribution in [3.8, 4) is 0 Å². The zero-order valence-electron chi connectivity index (χ0n) is 8.25. The maximum absolute atomic E-state index is 10.8. The number of nitrogens with one attached hydrogen (secondary N) is 2. The monoisotopic (exact) mass is 211 g/mol. The summed E-state index contributed by atoms with van der Waals surface area (Å²) in [6.45, 7) is 0.225. The van der Waals surface area contributed by atoms with Crippen LogP contribution in [0.1, 0.15) is 25.7 Å². The molecule has 2 amide bonds. The molecule has 1 saturated carbocycles. The summed E-state index contributed by atoms with van der Waals surface area (Å²) in [4.78, 5) is 25.6. The number of aliphatic hydroxyl groups is 1. The van der Waals surface area contributed by atoms with E-state index in [1.165, 1.54) is 0 Å². The van der Waals surface area contributed by atoms with Crippen LogP contribution in [0.5, 0.6) is 0 Å². The van der Waals surface area contributed by atoms with Crippen molar-refractivity contribution < 1.29 is 14.7 Å². The molecule has 0 unspecified atom stereocenters. The Labute approximate surface area is 86.8 Å². The lowest BCUT2D eigenvalue weighted by Crippen LogP contribution is -2.32. The third-order valence-corrected chi connectivity index (χ3v) is 2.74. The van der Waals surface area contributed by atoms with Gasteiger partial charge in [-0.1, -0.05) is 12.8 Å². The number of nitrogens with zero attached hydrogens (tertiary/aromatic N) is 1. The van der Waals surface area contributed by atoms with E-state index in [2.05, 4.69) is 15.6 Å². The second kappa shape index (κ2) is 3.62. The van der Waals surface area contributed by atoms with Crippen molar-refractivity contribution in [1.29, 1.82) is 0 Å². The minimum Gasteiger partial charge on any atom is -0.388 e. The molecule has 1 aliphatic heterocycles. The lowest BCUT2D eigenvalue weighted by molar-refractivity contribution is -0.135. The summed E-state index contributed by atoms with van der Waals surface area (Å²) < 4.78 is 0. The summed E-state index contributed by atoms with van der Waals surface area (Å²) in [5.41, 5.74) is -0.759. The first-order chi connectivity index (χ1) is 7.09. The zero-order valence-corrected chi connectivity index (χ0v) is 8.25. The molecule has 2 fully saturated rings. The fourth-order valence-corrected chi connectivity index (χ4v) is 1.86. The SMILES string of the molecule is O=C1NC(=NCC2(O)CCCC2)NC1=O. The summed E-state index contributed by atoms with van der Waals surface area (Å²) in [7, 11) is 0. The highest BCUT2D eigenvalue weighted by molar-refractivity contribution is 6.45. The predicted molar refractivity (Wildman–Crippen MR) is 52.0 cm³/mol. The third-order valence-electron chi connectivity index (χ3n) is 2.74. The topological polar surface area (TPSA) is 90.8 Å². The van der Waals surface area contributed by atoms with E-state index < -0.39 is 17.4 Å². The first-order valence-electron chi connectivity index (χ1n) is 4.98. The van der Waals surface area contributed by atoms with E-state index in [1.54, 1.807) is 0 Å². The smallest absolute Gasteiger partial charge is 0.316 e. The van der Waals surface area contributed by atoms with Gasteiger partial charge in [0.1, 0.15) is 0 Å². The number of carbonyl (C=O) groups is 2. The van der Waals surface area contributed by atoms with Gasteiger partial charge in [-0.2, -0.15) is 0 Å². The number of hydrogen-bond acceptors (Lipinski definition) is 4. The molecule has 2 aliphatic rings. The first-order valence-corrected chi connectivity index (χ1v) is 4.98. The standard InChI is InChI=1S/C9H13N3O3/c13-6-7(14)12-8(11-6)10-5-9(15)3-1-2-4-9/h15H,1-5H2,(H2,10,11,12,13,14). The van der Waals surface area contributed by atoms with Gasteiger partial charge < -0.3 is 5.11 Å². The molecule has 3 N–H and O–H groups in total. The van der Waals surface area contributed by atoms with E-state index in [-0.39, 0.29) is 12.5 Å². The number of carbonyl (C=O) groups excluding carboxylic acids is 2. The van der Waals surface area contributed by atoms with Gasteiger partial charge in [-0.15, -0.1) is 0 Å². The van der Waals surface area contributed by atoms with E-state index >= 15 is 0 Å². The summed E-state index contributed by atoms with van der Waals surface area (Å²) >= 11 is 0. The lowest BCUT2D eigenvalue weighted by atomic mass is 10.0. The maximum atomic E-state index is 10.8. The number of hydrogen-bond donors (Lipinski definition) is 3. The Morgan fingerprint density at radius 2 is 1.73 bits per heavy atom. The molecule has 6 heteroatoms. The Bertz CT molecular complexity index is 313. The van der Waals surface area contributed by atoms with E-state index in [0.29, 0.717) is 0 Å². The van der Waals surface area contributed by atoms with Crippen LogP contribution in [0.15, 0.2) is 4.99 Å². The minimum atomic E-state index is -0.759. The van der Waals surface area contributed by atoms with Gasteiger partial charge in [0, 0.05) is 0 Å². The molecule has 0 bridgehead atoms. The van der Waals surface area contributed by atoms with Crippen LogP contribution in [-0.2, 0) is 9.59 Å². The molecular weight excluding hydrogens is 198 g/mol. The number of aliphatic imine (C=N–C) groups is 1. The largest absolute Gasteiger partial charge is 0.388 e. The van der Waals surface area contributed by atoms with Gasteiger partial charge >= 0.3 is 11.8 Å². The zero-order chi connectivity index (χ0) is 10.9. The highest BCUT2D eigenvalue weighted by Gasteiger charge is 2.32. The maximum Gasteiger partial charge on any atom is 0.316 e. The molecule has 1 saturated heterocycles. The average molecular weight is 211 g/mol. The Morgan fingerprint density at radius 1 is 1.20 bits per heavy atom. The predicted octanol–water partition coefficient (Wildman–Crippen LogP) is -1.11. The summed E-state index contributed by atoms with van der Waals surface area (Å²) in [6.07, 6.45) is 3.46. The van der Waals surface area contributed by atoms with Crippen LogP contribution in [-0.4, -0.2) is 35.0 Å². The van der Waals surface area contributed by atoms with E-state index in [4.69, 9.17) is 0 Å². The van der Waals surface area contributed by atoms with Crippen molar-refractivity contribution in [1.82, 2.24) is 10.6 Å². The highest BCUT2D eigenvalue weighted by atomic mass is 16.3. The van der Waals surface area contributed by atoms with E-state index in [9.17, 15) is 14.7 Å². The van der Waals surface area contributed by atoms with Crippen LogP contribution in [0.2, 0.25) is 0 Å². The van der Waals surface area contributed by atoms with Gasteiger partial charge in [0.25, 0.3) is 0 Å². The van der Waals surface area contributed by atoms with Crippen LogP contribution < -0.4 is 10.6 Å². The van der Waals surface area contributed by atoms with Crippen molar-refractivity contribution in [2.45, 2.75) is 31.3 Å². The molecule has 82 valence electrons. The van der Waals surface area contributed by atoms with Crippen molar-refractivity contribution in [2.24, 2.45) is 4.99 Å². The molecule has 0 aromatic carbocycles. The summed E-state index contributed by atoms with van der Waals surface area (Å²) in [5, 5.41) is 14.5. The van der Waals surface area contributed by atoms with Crippen molar-refractivity contribution >= 4 is 17.8 Å². The Kier molecular flexibility index (Phi) is 2.44. The summed E-state index contributed by atoms with van der Waals surface area (Å²) in [6, 6.07) is 0.